The maximum Gasteiger partial charge on any atom is 0.261 e. The molecule has 24 heavy (non-hydrogen) atoms. The lowest BCUT2D eigenvalue weighted by molar-refractivity contribution is -0.890. The Kier molecular flexibility index (Phi) is 6.99. The Balaban J connectivity index is 1.76. The zero-order valence-electron chi connectivity index (χ0n) is 14.8. The lowest BCUT2D eigenvalue weighted by Crippen LogP contribution is -2.43. The first kappa shape index (κ1) is 19.1. The predicted molar refractivity (Wildman–Crippen MR) is 101 cm³/mol. The summed E-state index contributed by atoms with van der Waals surface area (Å²) in [5.41, 5.74) is 1.09. The van der Waals surface area contributed by atoms with E-state index in [0.29, 0.717) is 17.7 Å². The van der Waals surface area contributed by atoms with Crippen LogP contribution in [-0.4, -0.2) is 60.3 Å². The van der Waals surface area contributed by atoms with Gasteiger partial charge in [-0.25, -0.2) is 0 Å². The average Bonchev–Trinajstić information content (AvgIpc) is 2.80. The molecule has 5 heteroatoms. The Labute approximate surface area is 153 Å². The number of carbonyl (C=O) groups excluding carboxylic acids is 2. The maximum atomic E-state index is 12.3. The number of benzene rings is 1. The van der Waals surface area contributed by atoms with Crippen LogP contribution in [0.2, 0.25) is 0 Å². The molecular formula is C19H28BrN2O2+. The molecule has 1 aromatic carbocycles. The summed E-state index contributed by atoms with van der Waals surface area (Å²) in [7, 11) is 4.46. The molecule has 2 rings (SSSR count). The van der Waals surface area contributed by atoms with Crippen LogP contribution in [0.4, 0.5) is 0 Å². The number of imide groups is 1. The Morgan fingerprint density at radius 3 is 2.00 bits per heavy atom. The van der Waals surface area contributed by atoms with E-state index in [-0.39, 0.29) is 11.8 Å². The van der Waals surface area contributed by atoms with Crippen molar-refractivity contribution in [3.8, 4) is 0 Å². The van der Waals surface area contributed by atoms with Crippen molar-refractivity contribution in [3.63, 3.8) is 0 Å². The number of nitrogens with zero attached hydrogens (tertiary/aromatic N) is 2. The zero-order chi connectivity index (χ0) is 17.6. The number of carbonyl (C=O) groups is 2. The molecule has 0 bridgehead atoms. The Hall–Kier alpha value is -1.20. The van der Waals surface area contributed by atoms with E-state index in [4.69, 9.17) is 0 Å². The van der Waals surface area contributed by atoms with E-state index in [0.717, 1.165) is 29.3 Å². The molecule has 132 valence electrons. The van der Waals surface area contributed by atoms with Crippen LogP contribution >= 0.6 is 15.9 Å². The smallest absolute Gasteiger partial charge is 0.261 e. The minimum absolute atomic E-state index is 0.143. The van der Waals surface area contributed by atoms with Gasteiger partial charge < -0.3 is 4.48 Å². The number of amides is 2. The third-order valence-electron chi connectivity index (χ3n) is 4.67. The van der Waals surface area contributed by atoms with Crippen molar-refractivity contribution >= 4 is 27.7 Å². The van der Waals surface area contributed by atoms with E-state index in [1.165, 1.54) is 30.6 Å². The molecule has 0 fully saturated rings. The SMILES string of the molecule is C[N+](C)(CCCCCCBr)CCCN1C(=O)c2ccccc2C1=O. The molecule has 0 aromatic heterocycles. The number of rotatable bonds is 10. The van der Waals surface area contributed by atoms with Gasteiger partial charge in [0.2, 0.25) is 0 Å². The van der Waals surface area contributed by atoms with Gasteiger partial charge in [-0.05, 0) is 31.4 Å². The number of unbranched alkanes of at least 4 members (excludes halogenated alkanes) is 3. The van der Waals surface area contributed by atoms with E-state index in [9.17, 15) is 9.59 Å². The summed E-state index contributed by atoms with van der Waals surface area (Å²) in [4.78, 5) is 26.1. The molecule has 0 unspecified atom stereocenters. The van der Waals surface area contributed by atoms with Crippen molar-refractivity contribution in [1.82, 2.24) is 4.90 Å². The van der Waals surface area contributed by atoms with E-state index in [1.807, 2.05) is 12.1 Å². The highest BCUT2D eigenvalue weighted by Crippen LogP contribution is 2.22. The molecule has 0 atom stereocenters. The fourth-order valence-corrected chi connectivity index (χ4v) is 3.60. The number of fused-ring (bicyclic) bond motifs is 1. The maximum absolute atomic E-state index is 12.3. The Morgan fingerprint density at radius 2 is 1.42 bits per heavy atom. The third kappa shape index (κ3) is 4.90. The fourth-order valence-electron chi connectivity index (χ4n) is 3.20. The lowest BCUT2D eigenvalue weighted by Gasteiger charge is -2.30. The molecule has 1 heterocycles. The molecule has 1 aromatic rings. The summed E-state index contributed by atoms with van der Waals surface area (Å²) in [6.45, 7) is 2.63. The number of alkyl halides is 1. The molecule has 0 N–H and O–H groups in total. The summed E-state index contributed by atoms with van der Waals surface area (Å²) < 4.78 is 0.942. The third-order valence-corrected chi connectivity index (χ3v) is 5.23. The van der Waals surface area contributed by atoms with Gasteiger partial charge in [-0.3, -0.25) is 14.5 Å². The minimum atomic E-state index is -0.143. The van der Waals surface area contributed by atoms with E-state index in [1.54, 1.807) is 12.1 Å². The fraction of sp³-hybridized carbons (Fsp3) is 0.579. The topological polar surface area (TPSA) is 37.4 Å². The highest BCUT2D eigenvalue weighted by molar-refractivity contribution is 9.09. The van der Waals surface area contributed by atoms with Gasteiger partial charge in [-0.2, -0.15) is 0 Å². The predicted octanol–water partition coefficient (Wildman–Crippen LogP) is 3.70. The highest BCUT2D eigenvalue weighted by Gasteiger charge is 2.34. The monoisotopic (exact) mass is 395 g/mol. The van der Waals surface area contributed by atoms with Crippen molar-refractivity contribution in [3.05, 3.63) is 35.4 Å². The number of hydrogen-bond acceptors (Lipinski definition) is 2. The van der Waals surface area contributed by atoms with Crippen molar-refractivity contribution < 1.29 is 14.1 Å². The van der Waals surface area contributed by atoms with Crippen LogP contribution in [0.3, 0.4) is 0 Å². The molecule has 0 saturated carbocycles. The van der Waals surface area contributed by atoms with Gasteiger partial charge >= 0.3 is 0 Å². The summed E-state index contributed by atoms with van der Waals surface area (Å²) in [6.07, 6.45) is 5.87. The van der Waals surface area contributed by atoms with Crippen LogP contribution in [0.5, 0.6) is 0 Å². The van der Waals surface area contributed by atoms with Crippen LogP contribution in [-0.2, 0) is 0 Å². The van der Waals surface area contributed by atoms with Crippen LogP contribution in [0.25, 0.3) is 0 Å². The van der Waals surface area contributed by atoms with Gasteiger partial charge in [-0.1, -0.05) is 34.5 Å². The van der Waals surface area contributed by atoms with Crippen LogP contribution in [0, 0.1) is 0 Å². The second kappa shape index (κ2) is 8.77. The van der Waals surface area contributed by atoms with Crippen molar-refractivity contribution in [2.24, 2.45) is 0 Å². The summed E-state index contributed by atoms with van der Waals surface area (Å²) in [5.74, 6) is -0.286. The number of halogens is 1. The van der Waals surface area contributed by atoms with Crippen molar-refractivity contribution in [2.45, 2.75) is 32.1 Å². The van der Waals surface area contributed by atoms with E-state index >= 15 is 0 Å². The summed E-state index contributed by atoms with van der Waals surface area (Å²) in [5, 5.41) is 1.09. The zero-order valence-corrected chi connectivity index (χ0v) is 16.3. The molecule has 0 spiro atoms. The van der Waals surface area contributed by atoms with Gasteiger partial charge in [0.05, 0.1) is 38.3 Å². The van der Waals surface area contributed by atoms with E-state index < -0.39 is 0 Å². The standard InChI is InChI=1S/C19H28BrN2O2/c1-22(2,14-8-4-3-7-12-20)15-9-13-21-18(23)16-10-5-6-11-17(16)19(21)24/h5-6,10-11H,3-4,7-9,12-15H2,1-2H3/q+1. The molecule has 0 saturated heterocycles. The average molecular weight is 396 g/mol. The van der Waals surface area contributed by atoms with Crippen molar-refractivity contribution in [1.29, 1.82) is 0 Å². The van der Waals surface area contributed by atoms with Crippen molar-refractivity contribution in [2.75, 3.05) is 39.1 Å². The molecule has 4 nitrogen and oxygen atoms in total. The Bertz CT molecular complexity index is 551. The largest absolute Gasteiger partial charge is 0.328 e. The highest BCUT2D eigenvalue weighted by atomic mass is 79.9. The second-order valence-corrected chi connectivity index (χ2v) is 7.94. The van der Waals surface area contributed by atoms with E-state index in [2.05, 4.69) is 30.0 Å². The van der Waals surface area contributed by atoms with Crippen LogP contribution in [0.1, 0.15) is 52.8 Å². The minimum Gasteiger partial charge on any atom is -0.328 e. The summed E-state index contributed by atoms with van der Waals surface area (Å²) >= 11 is 3.46. The van der Waals surface area contributed by atoms with Crippen LogP contribution in [0.15, 0.2) is 24.3 Å². The molecule has 0 aliphatic carbocycles. The quantitative estimate of drug-likeness (QED) is 0.262. The Morgan fingerprint density at radius 1 is 0.875 bits per heavy atom. The van der Waals surface area contributed by atoms with Gasteiger partial charge in [-0.15, -0.1) is 0 Å². The van der Waals surface area contributed by atoms with Crippen LogP contribution < -0.4 is 0 Å². The van der Waals surface area contributed by atoms with Gasteiger partial charge in [0.1, 0.15) is 0 Å². The normalized spacial score (nSPS) is 14.4. The molecule has 0 radical (unpaired) electrons. The molecule has 2 amide bonds. The number of hydrogen-bond donors (Lipinski definition) is 0. The van der Waals surface area contributed by atoms with Gasteiger partial charge in [0, 0.05) is 18.3 Å². The van der Waals surface area contributed by atoms with Gasteiger partial charge in [0.15, 0.2) is 0 Å². The lowest BCUT2D eigenvalue weighted by atomic mass is 10.1. The summed E-state index contributed by atoms with van der Waals surface area (Å²) in [6, 6.07) is 7.09. The first-order valence-electron chi connectivity index (χ1n) is 8.79. The number of quaternary nitrogens is 1. The second-order valence-electron chi connectivity index (χ2n) is 7.15. The van der Waals surface area contributed by atoms with Gasteiger partial charge in [0.25, 0.3) is 11.8 Å². The molecule has 1 aliphatic rings. The molecule has 1 aliphatic heterocycles. The molecular weight excluding hydrogens is 368 g/mol. The first-order chi connectivity index (χ1) is 11.5. The first-order valence-corrected chi connectivity index (χ1v) is 9.91.